The summed E-state index contributed by atoms with van der Waals surface area (Å²) in [6, 6.07) is 6.04. The topological polar surface area (TPSA) is 72.5 Å². The van der Waals surface area contributed by atoms with Crippen LogP contribution in [0.25, 0.3) is 0 Å². The van der Waals surface area contributed by atoms with Gasteiger partial charge in [0, 0.05) is 24.2 Å². The largest absolute Gasteiger partial charge is 0.622 e. The highest BCUT2D eigenvalue weighted by atomic mass is 32.2. The fraction of sp³-hybridized carbons (Fsp3) is 0.467. The number of rotatable bonds is 5. The van der Waals surface area contributed by atoms with Crippen LogP contribution in [-0.4, -0.2) is 42.6 Å². The summed E-state index contributed by atoms with van der Waals surface area (Å²) in [4.78, 5) is 12.3. The maximum atomic E-state index is 12.7. The molecule has 124 valence electrons. The molecule has 8 heteroatoms. The Bertz CT molecular complexity index is 661. The van der Waals surface area contributed by atoms with Gasteiger partial charge in [0.1, 0.15) is 9.07 Å². The molecule has 1 heterocycles. The average molecular weight is 353 g/mol. The molecular formula is C15H19N3O3S2. The van der Waals surface area contributed by atoms with Gasteiger partial charge in [0.05, 0.1) is 4.92 Å². The first-order chi connectivity index (χ1) is 10.8. The molecule has 0 saturated carbocycles. The van der Waals surface area contributed by atoms with Crippen LogP contribution in [0.15, 0.2) is 24.3 Å². The van der Waals surface area contributed by atoms with E-state index in [2.05, 4.69) is 0 Å². The van der Waals surface area contributed by atoms with Crippen molar-refractivity contribution >= 4 is 40.2 Å². The Kier molecular flexibility index (Phi) is 5.26. The Hall–Kier alpha value is -1.67. The lowest BCUT2D eigenvalue weighted by molar-refractivity contribution is -0.523. The average Bonchev–Trinajstić information content (AvgIpc) is 2.68. The van der Waals surface area contributed by atoms with E-state index in [4.69, 9.17) is 12.2 Å². The van der Waals surface area contributed by atoms with Crippen molar-refractivity contribution in [1.82, 2.24) is 4.90 Å². The normalized spacial score (nSPS) is 20.8. The number of thiocarbonyl (C=S) groups is 1. The molecule has 1 aliphatic heterocycles. The van der Waals surface area contributed by atoms with E-state index in [1.165, 1.54) is 30.1 Å². The third-order valence-electron chi connectivity index (χ3n) is 3.56. The third kappa shape index (κ3) is 3.81. The van der Waals surface area contributed by atoms with Crippen molar-refractivity contribution in [3.63, 3.8) is 0 Å². The number of nitrogens with zero attached hydrogens (tertiary/aromatic N) is 3. The van der Waals surface area contributed by atoms with Gasteiger partial charge in [-0.05, 0) is 26.3 Å². The minimum Gasteiger partial charge on any atom is -0.622 e. The first-order valence-electron chi connectivity index (χ1n) is 7.30. The zero-order chi connectivity index (χ0) is 17.2. The monoisotopic (exact) mass is 353 g/mol. The van der Waals surface area contributed by atoms with Crippen molar-refractivity contribution in [3.05, 3.63) is 45.2 Å². The Balaban J connectivity index is 2.36. The van der Waals surface area contributed by atoms with Gasteiger partial charge < -0.3 is 5.21 Å². The summed E-state index contributed by atoms with van der Waals surface area (Å²) in [6.07, 6.45) is 1.85. The number of hydrogen-bond donors (Lipinski definition) is 0. The van der Waals surface area contributed by atoms with Crippen molar-refractivity contribution in [2.45, 2.75) is 38.1 Å². The van der Waals surface area contributed by atoms with Crippen LogP contribution in [0.3, 0.4) is 0 Å². The van der Waals surface area contributed by atoms with Crippen LogP contribution in [0.5, 0.6) is 0 Å². The van der Waals surface area contributed by atoms with Crippen LogP contribution in [0.1, 0.15) is 32.8 Å². The van der Waals surface area contributed by atoms with E-state index in [0.717, 1.165) is 15.5 Å². The molecule has 1 saturated heterocycles. The summed E-state index contributed by atoms with van der Waals surface area (Å²) >= 11 is 6.90. The zero-order valence-electron chi connectivity index (χ0n) is 13.3. The number of nitro benzene ring substituents is 1. The van der Waals surface area contributed by atoms with Gasteiger partial charge in [-0.15, -0.1) is 0 Å². The predicted molar refractivity (Wildman–Crippen MR) is 96.9 cm³/mol. The van der Waals surface area contributed by atoms with Gasteiger partial charge in [0.15, 0.2) is 6.21 Å². The first kappa shape index (κ1) is 17.7. The summed E-state index contributed by atoms with van der Waals surface area (Å²) in [5.41, 5.74) is 0.470. The molecule has 0 aliphatic carbocycles. The third-order valence-corrected chi connectivity index (χ3v) is 5.20. The second-order valence-corrected chi connectivity index (χ2v) is 8.17. The molecular weight excluding hydrogens is 334 g/mol. The van der Waals surface area contributed by atoms with E-state index in [1.807, 2.05) is 25.7 Å². The van der Waals surface area contributed by atoms with Crippen molar-refractivity contribution in [3.8, 4) is 0 Å². The molecule has 0 amide bonds. The molecule has 0 aromatic heterocycles. The quantitative estimate of drug-likeness (QED) is 0.202. The lowest BCUT2D eigenvalue weighted by Crippen LogP contribution is -2.48. The highest BCUT2D eigenvalue weighted by Gasteiger charge is 2.49. The molecule has 0 radical (unpaired) electrons. The van der Waals surface area contributed by atoms with E-state index in [1.54, 1.807) is 12.1 Å². The van der Waals surface area contributed by atoms with Gasteiger partial charge in [-0.1, -0.05) is 37.0 Å². The van der Waals surface area contributed by atoms with Gasteiger partial charge in [0.25, 0.3) is 11.9 Å². The summed E-state index contributed by atoms with van der Waals surface area (Å²) in [5, 5.41) is 23.6. The molecule has 1 aromatic carbocycles. The minimum atomic E-state index is -0.472. The number of benzene rings is 1. The van der Waals surface area contributed by atoms with Gasteiger partial charge in [-0.2, -0.15) is 4.74 Å². The fourth-order valence-corrected chi connectivity index (χ4v) is 4.58. The number of hydroxylamine groups is 1. The van der Waals surface area contributed by atoms with Crippen LogP contribution in [-0.2, 0) is 0 Å². The van der Waals surface area contributed by atoms with Crippen LogP contribution in [0.4, 0.5) is 5.69 Å². The molecule has 1 atom stereocenters. The number of nitro groups is 1. The van der Waals surface area contributed by atoms with Gasteiger partial charge in [0.2, 0.25) is 0 Å². The summed E-state index contributed by atoms with van der Waals surface area (Å²) in [7, 11) is 0. The van der Waals surface area contributed by atoms with Gasteiger partial charge in [-0.3, -0.25) is 15.0 Å². The lowest BCUT2D eigenvalue weighted by atomic mass is 10.1. The molecule has 0 N–H and O–H groups in total. The Labute approximate surface area is 144 Å². The van der Waals surface area contributed by atoms with E-state index < -0.39 is 11.1 Å². The lowest BCUT2D eigenvalue weighted by Gasteiger charge is -2.29. The maximum Gasteiger partial charge on any atom is 0.270 e. The second kappa shape index (κ2) is 6.84. The molecule has 6 nitrogen and oxygen atoms in total. The molecule has 23 heavy (non-hydrogen) atoms. The van der Waals surface area contributed by atoms with Crippen molar-refractivity contribution < 1.29 is 9.66 Å². The zero-order valence-corrected chi connectivity index (χ0v) is 14.9. The van der Waals surface area contributed by atoms with Crippen LogP contribution >= 0.6 is 24.0 Å². The van der Waals surface area contributed by atoms with E-state index in [9.17, 15) is 15.3 Å². The SMILES string of the molecule is CCCN1C(=S)SC(C)(C)[C@H]1/[N+]([O-])=C/c1cccc([N+](=O)[O-])c1. The summed E-state index contributed by atoms with van der Waals surface area (Å²) in [6.45, 7) is 6.71. The molecule has 1 fully saturated rings. The summed E-state index contributed by atoms with van der Waals surface area (Å²) < 4.78 is 1.22. The van der Waals surface area contributed by atoms with Crippen LogP contribution in [0.2, 0.25) is 0 Å². The van der Waals surface area contributed by atoms with Crippen molar-refractivity contribution in [2.75, 3.05) is 6.54 Å². The maximum absolute atomic E-state index is 12.7. The summed E-state index contributed by atoms with van der Waals surface area (Å²) in [5.74, 6) is 0. The van der Waals surface area contributed by atoms with E-state index in [-0.39, 0.29) is 10.4 Å². The van der Waals surface area contributed by atoms with Crippen molar-refractivity contribution in [1.29, 1.82) is 0 Å². The Morgan fingerprint density at radius 1 is 1.43 bits per heavy atom. The molecule has 2 rings (SSSR count). The highest BCUT2D eigenvalue weighted by molar-refractivity contribution is 8.24. The minimum absolute atomic E-state index is 0.0341. The van der Waals surface area contributed by atoms with Gasteiger partial charge in [-0.25, -0.2) is 0 Å². The molecule has 0 bridgehead atoms. The predicted octanol–water partition coefficient (Wildman–Crippen LogP) is 3.37. The van der Waals surface area contributed by atoms with Crippen molar-refractivity contribution in [2.24, 2.45) is 0 Å². The number of hydrogen-bond acceptors (Lipinski definition) is 5. The van der Waals surface area contributed by atoms with Crippen LogP contribution < -0.4 is 0 Å². The highest BCUT2D eigenvalue weighted by Crippen LogP contribution is 2.41. The molecule has 0 spiro atoms. The number of non-ortho nitro benzene ring substituents is 1. The van der Waals surface area contributed by atoms with Gasteiger partial charge >= 0.3 is 0 Å². The standard InChI is InChI=1S/C15H19N3O3S2/c1-4-8-16-13(15(2,3)23-14(16)22)17(19)10-11-6-5-7-12(9-11)18(20)21/h5-7,9-10,13H,4,8H2,1-3H3/b17-10-/t13-/m1/s1. The molecule has 1 aliphatic rings. The van der Waals surface area contributed by atoms with E-state index >= 15 is 0 Å². The first-order valence-corrected chi connectivity index (χ1v) is 8.53. The smallest absolute Gasteiger partial charge is 0.270 e. The molecule has 0 unspecified atom stereocenters. The van der Waals surface area contributed by atoms with Crippen LogP contribution in [0, 0.1) is 15.3 Å². The number of thioether (sulfide) groups is 1. The Morgan fingerprint density at radius 3 is 2.74 bits per heavy atom. The van der Waals surface area contributed by atoms with E-state index in [0.29, 0.717) is 12.1 Å². The fourth-order valence-electron chi connectivity index (χ4n) is 2.65. The molecule has 1 aromatic rings. The second-order valence-electron chi connectivity index (χ2n) is 5.88. The Morgan fingerprint density at radius 2 is 2.13 bits per heavy atom.